The van der Waals surface area contributed by atoms with E-state index in [1.165, 1.54) is 12.1 Å². The van der Waals surface area contributed by atoms with Crippen molar-refractivity contribution >= 4 is 17.3 Å². The molecule has 0 N–H and O–H groups in total. The molecule has 3 heterocycles. The highest BCUT2D eigenvalue weighted by Gasteiger charge is 2.28. The van der Waals surface area contributed by atoms with Gasteiger partial charge in [0, 0.05) is 50.2 Å². The molecule has 0 bridgehead atoms. The second kappa shape index (κ2) is 8.55. The van der Waals surface area contributed by atoms with Gasteiger partial charge in [0.1, 0.15) is 0 Å². The Morgan fingerprint density at radius 2 is 1.77 bits per heavy atom. The molecule has 0 aliphatic carbocycles. The zero-order chi connectivity index (χ0) is 22.0. The Bertz CT molecular complexity index is 1070. The lowest BCUT2D eigenvalue weighted by Gasteiger charge is -2.36. The molecule has 1 saturated heterocycles. The van der Waals surface area contributed by atoms with Crippen molar-refractivity contribution in [2.45, 2.75) is 19.8 Å². The Labute approximate surface area is 180 Å². The zero-order valence-corrected chi connectivity index (χ0v) is 17.5. The highest BCUT2D eigenvalue weighted by Crippen LogP contribution is 2.25. The Morgan fingerprint density at radius 1 is 1.06 bits per heavy atom. The standard InChI is InChI=1S/C22H24N6O3/c1-16(2)21-19(15-24-27(21)20-5-3-4-10-23-20)22(29)26-13-11-25(12-14-26)17-6-8-18(9-7-17)28(30)31/h3-10,15-16H,11-14H2,1-2H3. The number of nitrogens with zero attached hydrogens (tertiary/aromatic N) is 6. The monoisotopic (exact) mass is 420 g/mol. The van der Waals surface area contributed by atoms with Crippen molar-refractivity contribution in [2.75, 3.05) is 31.1 Å². The number of benzene rings is 1. The van der Waals surface area contributed by atoms with Gasteiger partial charge in [-0.25, -0.2) is 9.67 Å². The topological polar surface area (TPSA) is 97.4 Å². The molecule has 0 atom stereocenters. The lowest BCUT2D eigenvalue weighted by molar-refractivity contribution is -0.384. The third-order valence-corrected chi connectivity index (χ3v) is 5.44. The van der Waals surface area contributed by atoms with Gasteiger partial charge in [0.05, 0.1) is 22.4 Å². The van der Waals surface area contributed by atoms with Crippen LogP contribution in [0.4, 0.5) is 11.4 Å². The summed E-state index contributed by atoms with van der Waals surface area (Å²) in [7, 11) is 0. The molecular weight excluding hydrogens is 396 g/mol. The van der Waals surface area contributed by atoms with Crippen molar-refractivity contribution in [3.63, 3.8) is 0 Å². The van der Waals surface area contributed by atoms with Crippen LogP contribution in [0.3, 0.4) is 0 Å². The van der Waals surface area contributed by atoms with E-state index in [4.69, 9.17) is 0 Å². The van der Waals surface area contributed by atoms with Crippen LogP contribution in [0, 0.1) is 10.1 Å². The summed E-state index contributed by atoms with van der Waals surface area (Å²) in [6.07, 6.45) is 3.34. The maximum absolute atomic E-state index is 13.3. The summed E-state index contributed by atoms with van der Waals surface area (Å²) >= 11 is 0. The van der Waals surface area contributed by atoms with E-state index in [-0.39, 0.29) is 17.5 Å². The minimum atomic E-state index is -0.405. The average Bonchev–Trinajstić information content (AvgIpc) is 3.25. The molecule has 9 heteroatoms. The predicted octanol–water partition coefficient (Wildman–Crippen LogP) is 3.26. The van der Waals surface area contributed by atoms with E-state index in [1.54, 1.807) is 29.2 Å². The van der Waals surface area contributed by atoms with Gasteiger partial charge in [-0.2, -0.15) is 5.10 Å². The fourth-order valence-corrected chi connectivity index (χ4v) is 3.86. The summed E-state index contributed by atoms with van der Waals surface area (Å²) in [6.45, 7) is 6.55. The number of pyridine rings is 1. The number of hydrogen-bond donors (Lipinski definition) is 0. The highest BCUT2D eigenvalue weighted by atomic mass is 16.6. The number of nitro benzene ring substituents is 1. The third kappa shape index (κ3) is 4.11. The summed E-state index contributed by atoms with van der Waals surface area (Å²) in [5.41, 5.74) is 2.44. The first kappa shape index (κ1) is 20.5. The van der Waals surface area contributed by atoms with Crippen molar-refractivity contribution in [3.05, 3.63) is 76.2 Å². The molecule has 31 heavy (non-hydrogen) atoms. The second-order valence-corrected chi connectivity index (χ2v) is 7.75. The number of nitro groups is 1. The smallest absolute Gasteiger partial charge is 0.269 e. The second-order valence-electron chi connectivity index (χ2n) is 7.75. The first-order valence-electron chi connectivity index (χ1n) is 10.2. The molecule has 1 aliphatic heterocycles. The summed E-state index contributed by atoms with van der Waals surface area (Å²) in [6, 6.07) is 12.1. The molecule has 0 spiro atoms. The molecule has 9 nitrogen and oxygen atoms in total. The van der Waals surface area contributed by atoms with E-state index in [2.05, 4.69) is 15.0 Å². The van der Waals surface area contributed by atoms with Gasteiger partial charge in [-0.05, 0) is 30.2 Å². The van der Waals surface area contributed by atoms with Crippen LogP contribution in [0.25, 0.3) is 5.82 Å². The highest BCUT2D eigenvalue weighted by molar-refractivity contribution is 5.95. The minimum absolute atomic E-state index is 0.0331. The fourth-order valence-electron chi connectivity index (χ4n) is 3.86. The summed E-state index contributed by atoms with van der Waals surface area (Å²) in [5, 5.41) is 15.3. The maximum Gasteiger partial charge on any atom is 0.269 e. The first-order valence-corrected chi connectivity index (χ1v) is 10.2. The summed E-state index contributed by atoms with van der Waals surface area (Å²) < 4.78 is 1.74. The van der Waals surface area contributed by atoms with Crippen LogP contribution in [0.1, 0.15) is 35.8 Å². The van der Waals surface area contributed by atoms with E-state index < -0.39 is 4.92 Å². The predicted molar refractivity (Wildman–Crippen MR) is 117 cm³/mol. The molecule has 1 aliphatic rings. The van der Waals surface area contributed by atoms with E-state index in [1.807, 2.05) is 36.9 Å². The fraction of sp³-hybridized carbons (Fsp3) is 0.318. The van der Waals surface area contributed by atoms with Crippen LogP contribution in [-0.2, 0) is 0 Å². The lowest BCUT2D eigenvalue weighted by Crippen LogP contribution is -2.49. The van der Waals surface area contributed by atoms with Gasteiger partial charge in [-0.3, -0.25) is 14.9 Å². The SMILES string of the molecule is CC(C)c1c(C(=O)N2CCN(c3ccc([N+](=O)[O-])cc3)CC2)cnn1-c1ccccn1. The quantitative estimate of drug-likeness (QED) is 0.464. The van der Waals surface area contributed by atoms with Crippen molar-refractivity contribution in [3.8, 4) is 5.82 Å². The molecule has 0 radical (unpaired) electrons. The molecule has 1 fully saturated rings. The van der Waals surface area contributed by atoms with Crippen molar-refractivity contribution in [2.24, 2.45) is 0 Å². The molecule has 1 aromatic carbocycles. The molecule has 3 aromatic rings. The van der Waals surface area contributed by atoms with Crippen molar-refractivity contribution in [1.82, 2.24) is 19.7 Å². The molecule has 160 valence electrons. The average molecular weight is 420 g/mol. The Hall–Kier alpha value is -3.75. The number of carbonyl (C=O) groups is 1. The van der Waals surface area contributed by atoms with Crippen LogP contribution in [0.5, 0.6) is 0 Å². The maximum atomic E-state index is 13.3. The normalized spacial score (nSPS) is 14.2. The van der Waals surface area contributed by atoms with E-state index in [9.17, 15) is 14.9 Å². The molecule has 0 unspecified atom stereocenters. The number of rotatable bonds is 5. The lowest BCUT2D eigenvalue weighted by atomic mass is 10.0. The Kier molecular flexibility index (Phi) is 5.66. The number of aromatic nitrogens is 3. The number of hydrogen-bond acceptors (Lipinski definition) is 6. The van der Waals surface area contributed by atoms with Gasteiger partial charge in [0.15, 0.2) is 5.82 Å². The molecule has 1 amide bonds. The number of piperazine rings is 1. The van der Waals surface area contributed by atoms with Gasteiger partial charge in [-0.15, -0.1) is 0 Å². The van der Waals surface area contributed by atoms with Crippen LogP contribution in [0.2, 0.25) is 0 Å². The van der Waals surface area contributed by atoms with Crippen LogP contribution in [0.15, 0.2) is 54.9 Å². The number of amides is 1. The Balaban J connectivity index is 1.49. The van der Waals surface area contributed by atoms with Gasteiger partial charge < -0.3 is 9.80 Å². The van der Waals surface area contributed by atoms with Crippen LogP contribution in [-0.4, -0.2) is 56.7 Å². The summed E-state index contributed by atoms with van der Waals surface area (Å²) in [5.74, 6) is 0.757. The number of carbonyl (C=O) groups excluding carboxylic acids is 1. The molecular formula is C22H24N6O3. The van der Waals surface area contributed by atoms with E-state index in [0.717, 1.165) is 11.4 Å². The molecule has 2 aromatic heterocycles. The zero-order valence-electron chi connectivity index (χ0n) is 17.5. The van der Waals surface area contributed by atoms with E-state index >= 15 is 0 Å². The van der Waals surface area contributed by atoms with Gasteiger partial charge in [-0.1, -0.05) is 19.9 Å². The minimum Gasteiger partial charge on any atom is -0.368 e. The van der Waals surface area contributed by atoms with Crippen molar-refractivity contribution in [1.29, 1.82) is 0 Å². The van der Waals surface area contributed by atoms with Crippen LogP contribution < -0.4 is 4.90 Å². The van der Waals surface area contributed by atoms with E-state index in [0.29, 0.717) is 37.6 Å². The number of anilines is 1. The van der Waals surface area contributed by atoms with Crippen LogP contribution >= 0.6 is 0 Å². The first-order chi connectivity index (χ1) is 15.0. The molecule has 0 saturated carbocycles. The van der Waals surface area contributed by atoms with Gasteiger partial charge >= 0.3 is 0 Å². The largest absolute Gasteiger partial charge is 0.368 e. The Morgan fingerprint density at radius 3 is 2.35 bits per heavy atom. The number of non-ortho nitro benzene ring substituents is 1. The van der Waals surface area contributed by atoms with Crippen molar-refractivity contribution < 1.29 is 9.72 Å². The van der Waals surface area contributed by atoms with Gasteiger partial charge in [0.2, 0.25) is 0 Å². The molecule has 4 rings (SSSR count). The van der Waals surface area contributed by atoms with Gasteiger partial charge in [0.25, 0.3) is 11.6 Å². The third-order valence-electron chi connectivity index (χ3n) is 5.44. The summed E-state index contributed by atoms with van der Waals surface area (Å²) in [4.78, 5) is 32.1.